The van der Waals surface area contributed by atoms with Crippen LogP contribution in [0.15, 0.2) is 78.9 Å². The smallest absolute Gasteiger partial charge is 0.316 e. The Labute approximate surface area is 178 Å². The van der Waals surface area contributed by atoms with Crippen LogP contribution in [0, 0.1) is 0 Å². The predicted octanol–water partition coefficient (Wildman–Crippen LogP) is 4.02. The lowest BCUT2D eigenvalue weighted by Crippen LogP contribution is -2.19. The lowest BCUT2D eigenvalue weighted by atomic mass is 10.1. The first-order valence-corrected chi connectivity index (χ1v) is 9.42. The van der Waals surface area contributed by atoms with Gasteiger partial charge < -0.3 is 26.2 Å². The molecule has 31 heavy (non-hydrogen) atoms. The molecule has 0 fully saturated rings. The minimum atomic E-state index is -1.000. The predicted molar refractivity (Wildman–Crippen MR) is 116 cm³/mol. The van der Waals surface area contributed by atoms with Gasteiger partial charge >= 0.3 is 12.0 Å². The first kappa shape index (κ1) is 21.4. The van der Waals surface area contributed by atoms with Gasteiger partial charge in [0, 0.05) is 11.3 Å². The second-order valence-electron chi connectivity index (χ2n) is 6.63. The molecule has 3 amide bonds. The molecule has 0 saturated heterocycles. The molecule has 3 rings (SSSR count). The number of amides is 3. The minimum Gasteiger partial charge on any atom is -0.483 e. The van der Waals surface area contributed by atoms with Crippen LogP contribution in [-0.2, 0) is 4.79 Å². The quantitative estimate of drug-likeness (QED) is 0.438. The third-order valence-electron chi connectivity index (χ3n) is 4.35. The van der Waals surface area contributed by atoms with Gasteiger partial charge in [0.05, 0.1) is 12.1 Å². The summed E-state index contributed by atoms with van der Waals surface area (Å²) >= 11 is 0. The van der Waals surface area contributed by atoms with Gasteiger partial charge in [-0.05, 0) is 42.0 Å². The van der Waals surface area contributed by atoms with Gasteiger partial charge in [-0.25, -0.2) is 4.79 Å². The van der Waals surface area contributed by atoms with E-state index in [1.807, 2.05) is 6.07 Å². The summed E-state index contributed by atoms with van der Waals surface area (Å²) in [5.41, 5.74) is 7.01. The molecule has 0 bridgehead atoms. The van der Waals surface area contributed by atoms with E-state index in [0.29, 0.717) is 28.3 Å². The van der Waals surface area contributed by atoms with E-state index < -0.39 is 24.0 Å². The Balaban J connectivity index is 1.78. The van der Waals surface area contributed by atoms with Crippen molar-refractivity contribution in [1.82, 2.24) is 0 Å². The van der Waals surface area contributed by atoms with Gasteiger partial charge in [0.1, 0.15) is 11.9 Å². The van der Waals surface area contributed by atoms with Gasteiger partial charge in [-0.3, -0.25) is 9.59 Å². The molecule has 1 atom stereocenters. The molecule has 8 nitrogen and oxygen atoms in total. The van der Waals surface area contributed by atoms with Gasteiger partial charge in [-0.15, -0.1) is 0 Å². The highest BCUT2D eigenvalue weighted by atomic mass is 16.5. The first-order valence-electron chi connectivity index (χ1n) is 9.42. The van der Waals surface area contributed by atoms with Crippen LogP contribution >= 0.6 is 0 Å². The number of hydrogen-bond donors (Lipinski definition) is 4. The number of benzene rings is 3. The van der Waals surface area contributed by atoms with Crippen molar-refractivity contribution >= 4 is 29.3 Å². The van der Waals surface area contributed by atoms with Gasteiger partial charge in [0.15, 0.2) is 0 Å². The number of carbonyl (C=O) groups is 3. The summed E-state index contributed by atoms with van der Waals surface area (Å²) in [4.78, 5) is 34.9. The van der Waals surface area contributed by atoms with E-state index in [2.05, 4.69) is 10.6 Å². The van der Waals surface area contributed by atoms with Crippen LogP contribution in [0.1, 0.15) is 28.4 Å². The van der Waals surface area contributed by atoms with Gasteiger partial charge in [-0.1, -0.05) is 42.5 Å². The average molecular weight is 419 g/mol. The summed E-state index contributed by atoms with van der Waals surface area (Å²) in [6.45, 7) is 0. The number of primary amides is 1. The molecule has 0 aliphatic heterocycles. The molecule has 3 aromatic carbocycles. The first-order chi connectivity index (χ1) is 14.9. The molecule has 158 valence electrons. The molecule has 0 heterocycles. The maximum atomic E-state index is 12.7. The van der Waals surface area contributed by atoms with E-state index >= 15 is 0 Å². The standard InChI is InChI=1S/C23H21N3O5/c24-23(30)25-17-12-10-16(11-13-17)22(29)26-18-8-4-5-9-19(18)31-20(14-21(27)28)15-6-2-1-3-7-15/h1-13,20H,14H2,(H,26,29)(H,27,28)(H3,24,25,30). The molecule has 0 radical (unpaired) electrons. The molecule has 8 heteroatoms. The fourth-order valence-corrected chi connectivity index (χ4v) is 2.92. The molecular weight excluding hydrogens is 398 g/mol. The zero-order valence-electron chi connectivity index (χ0n) is 16.4. The van der Waals surface area contributed by atoms with Crippen molar-refractivity contribution in [1.29, 1.82) is 0 Å². The second kappa shape index (κ2) is 9.93. The van der Waals surface area contributed by atoms with E-state index in [1.165, 1.54) is 0 Å². The van der Waals surface area contributed by atoms with E-state index in [9.17, 15) is 19.5 Å². The summed E-state index contributed by atoms with van der Waals surface area (Å²) in [6.07, 6.45) is -0.962. The minimum absolute atomic E-state index is 0.235. The maximum Gasteiger partial charge on any atom is 0.316 e. The number of rotatable bonds is 8. The maximum absolute atomic E-state index is 12.7. The van der Waals surface area contributed by atoms with Gasteiger partial charge in [-0.2, -0.15) is 0 Å². The van der Waals surface area contributed by atoms with Crippen molar-refractivity contribution < 1.29 is 24.2 Å². The molecule has 1 unspecified atom stereocenters. The number of carboxylic acids is 1. The number of carbonyl (C=O) groups excluding carboxylic acids is 2. The van der Waals surface area contributed by atoms with E-state index in [0.717, 1.165) is 0 Å². The van der Waals surface area contributed by atoms with Crippen molar-refractivity contribution in [2.24, 2.45) is 5.73 Å². The van der Waals surface area contributed by atoms with Crippen LogP contribution in [0.25, 0.3) is 0 Å². The highest BCUT2D eigenvalue weighted by Gasteiger charge is 2.19. The normalized spacial score (nSPS) is 11.2. The van der Waals surface area contributed by atoms with E-state index in [1.54, 1.807) is 72.8 Å². The average Bonchev–Trinajstić information content (AvgIpc) is 2.75. The van der Waals surface area contributed by atoms with Crippen molar-refractivity contribution in [3.05, 3.63) is 90.0 Å². The van der Waals surface area contributed by atoms with Crippen LogP contribution in [0.4, 0.5) is 16.2 Å². The zero-order valence-corrected chi connectivity index (χ0v) is 16.4. The number of urea groups is 1. The Morgan fingerprint density at radius 1 is 0.871 bits per heavy atom. The largest absolute Gasteiger partial charge is 0.483 e. The third-order valence-corrected chi connectivity index (χ3v) is 4.35. The molecule has 0 aliphatic rings. The topological polar surface area (TPSA) is 131 Å². The van der Waals surface area contributed by atoms with Crippen LogP contribution in [0.5, 0.6) is 5.75 Å². The molecule has 0 saturated carbocycles. The number of nitrogens with one attached hydrogen (secondary N) is 2. The van der Waals surface area contributed by atoms with Crippen molar-refractivity contribution in [3.8, 4) is 5.75 Å². The summed E-state index contributed by atoms with van der Waals surface area (Å²) < 4.78 is 5.99. The summed E-state index contributed by atoms with van der Waals surface area (Å²) in [5.74, 6) is -1.05. The van der Waals surface area contributed by atoms with Gasteiger partial charge in [0.25, 0.3) is 5.91 Å². The molecule has 3 aromatic rings. The summed E-state index contributed by atoms with van der Waals surface area (Å²) in [5, 5.41) is 14.5. The van der Waals surface area contributed by atoms with Crippen LogP contribution in [0.2, 0.25) is 0 Å². The van der Waals surface area contributed by atoms with Crippen molar-refractivity contribution in [3.63, 3.8) is 0 Å². The summed E-state index contributed by atoms with van der Waals surface area (Å²) in [7, 11) is 0. The Morgan fingerprint density at radius 2 is 1.52 bits per heavy atom. The molecule has 0 aliphatic carbocycles. The van der Waals surface area contributed by atoms with E-state index in [4.69, 9.17) is 10.5 Å². The Bertz CT molecular complexity index is 1070. The molecule has 0 spiro atoms. The highest BCUT2D eigenvalue weighted by molar-refractivity contribution is 6.05. The number of anilines is 2. The fraction of sp³-hybridized carbons (Fsp3) is 0.0870. The number of para-hydroxylation sites is 2. The number of ether oxygens (including phenoxy) is 1. The summed E-state index contributed by atoms with van der Waals surface area (Å²) in [6, 6.07) is 21.3. The third kappa shape index (κ3) is 6.07. The Hall–Kier alpha value is -4.33. The van der Waals surface area contributed by atoms with Crippen molar-refractivity contribution in [2.45, 2.75) is 12.5 Å². The van der Waals surface area contributed by atoms with Crippen LogP contribution in [0.3, 0.4) is 0 Å². The highest BCUT2D eigenvalue weighted by Crippen LogP contribution is 2.31. The number of hydrogen-bond acceptors (Lipinski definition) is 4. The molecule has 0 aromatic heterocycles. The van der Waals surface area contributed by atoms with Crippen molar-refractivity contribution in [2.75, 3.05) is 10.6 Å². The SMILES string of the molecule is NC(=O)Nc1ccc(C(=O)Nc2ccccc2OC(CC(=O)O)c2ccccc2)cc1. The Kier molecular flexibility index (Phi) is 6.85. The number of carboxylic acid groups (broad SMARTS) is 1. The Morgan fingerprint density at radius 3 is 2.16 bits per heavy atom. The molecular formula is C23H21N3O5. The monoisotopic (exact) mass is 419 g/mol. The lowest BCUT2D eigenvalue weighted by Gasteiger charge is -2.20. The van der Waals surface area contributed by atoms with Crippen LogP contribution in [-0.4, -0.2) is 23.0 Å². The van der Waals surface area contributed by atoms with Gasteiger partial charge in [0.2, 0.25) is 0 Å². The molecule has 5 N–H and O–H groups in total. The lowest BCUT2D eigenvalue weighted by molar-refractivity contribution is -0.138. The number of aliphatic carboxylic acids is 1. The fourth-order valence-electron chi connectivity index (χ4n) is 2.92. The second-order valence-corrected chi connectivity index (χ2v) is 6.63. The van der Waals surface area contributed by atoms with Crippen LogP contribution < -0.4 is 21.1 Å². The number of nitrogens with two attached hydrogens (primary N) is 1. The zero-order chi connectivity index (χ0) is 22.2. The van der Waals surface area contributed by atoms with E-state index in [-0.39, 0.29) is 6.42 Å².